The van der Waals surface area contributed by atoms with Crippen molar-refractivity contribution >= 4 is 33.0 Å². The number of thiophene rings is 1. The summed E-state index contributed by atoms with van der Waals surface area (Å²) in [6.45, 7) is 0. The zero-order valence-corrected chi connectivity index (χ0v) is 7.42. The quantitative estimate of drug-likeness (QED) is 0.694. The van der Waals surface area contributed by atoms with E-state index in [-0.39, 0.29) is 5.75 Å². The molecular formula is C8H4ClFOS. The van der Waals surface area contributed by atoms with Crippen LogP contribution in [0.15, 0.2) is 17.5 Å². The Kier molecular flexibility index (Phi) is 1.70. The van der Waals surface area contributed by atoms with Crippen molar-refractivity contribution in [3.63, 3.8) is 0 Å². The Bertz CT molecular complexity index is 438. The van der Waals surface area contributed by atoms with Crippen LogP contribution in [0.5, 0.6) is 5.75 Å². The third kappa shape index (κ3) is 0.974. The molecule has 0 aliphatic rings. The lowest BCUT2D eigenvalue weighted by molar-refractivity contribution is 0.481. The molecule has 1 nitrogen and oxygen atoms in total. The van der Waals surface area contributed by atoms with E-state index in [1.807, 2.05) is 0 Å². The minimum absolute atomic E-state index is 0.0725. The molecule has 0 bridgehead atoms. The van der Waals surface area contributed by atoms with Gasteiger partial charge in [0, 0.05) is 5.38 Å². The van der Waals surface area contributed by atoms with Crippen LogP contribution in [0, 0.1) is 5.82 Å². The molecule has 0 saturated carbocycles. The van der Waals surface area contributed by atoms with E-state index in [4.69, 9.17) is 11.6 Å². The third-order valence-electron chi connectivity index (χ3n) is 1.61. The first-order valence-corrected chi connectivity index (χ1v) is 4.50. The molecule has 1 N–H and O–H groups in total. The first-order chi connectivity index (χ1) is 5.70. The van der Waals surface area contributed by atoms with Gasteiger partial charge in [0.1, 0.15) is 11.6 Å². The Morgan fingerprint density at radius 3 is 2.83 bits per heavy atom. The molecule has 12 heavy (non-hydrogen) atoms. The Balaban J connectivity index is 2.98. The summed E-state index contributed by atoms with van der Waals surface area (Å²) in [6.07, 6.45) is 0. The number of rotatable bonds is 0. The van der Waals surface area contributed by atoms with Gasteiger partial charge in [-0.25, -0.2) is 4.39 Å². The lowest BCUT2D eigenvalue weighted by Gasteiger charge is -1.95. The van der Waals surface area contributed by atoms with Crippen LogP contribution in [0.25, 0.3) is 10.1 Å². The van der Waals surface area contributed by atoms with Crippen molar-refractivity contribution in [2.24, 2.45) is 0 Å². The van der Waals surface area contributed by atoms with E-state index in [0.29, 0.717) is 15.1 Å². The number of halogens is 2. The van der Waals surface area contributed by atoms with Crippen LogP contribution in [0.1, 0.15) is 0 Å². The average molecular weight is 203 g/mol. The van der Waals surface area contributed by atoms with Gasteiger partial charge in [-0.3, -0.25) is 0 Å². The highest BCUT2D eigenvalue weighted by Gasteiger charge is 2.10. The summed E-state index contributed by atoms with van der Waals surface area (Å²) < 4.78 is 13.6. The molecule has 4 heteroatoms. The highest BCUT2D eigenvalue weighted by atomic mass is 35.5. The van der Waals surface area contributed by atoms with Gasteiger partial charge in [-0.15, -0.1) is 11.3 Å². The summed E-state index contributed by atoms with van der Waals surface area (Å²) in [4.78, 5) is 0. The Morgan fingerprint density at radius 2 is 2.17 bits per heavy atom. The molecular weight excluding hydrogens is 199 g/mol. The van der Waals surface area contributed by atoms with Crippen molar-refractivity contribution in [3.8, 4) is 5.75 Å². The SMILES string of the molecule is Oc1ccc(F)c2c(Cl)csc12. The fourth-order valence-electron chi connectivity index (χ4n) is 1.06. The van der Waals surface area contributed by atoms with Crippen molar-refractivity contribution in [3.05, 3.63) is 28.4 Å². The van der Waals surface area contributed by atoms with Crippen LogP contribution in [-0.2, 0) is 0 Å². The van der Waals surface area contributed by atoms with Crippen LogP contribution >= 0.6 is 22.9 Å². The van der Waals surface area contributed by atoms with E-state index >= 15 is 0 Å². The van der Waals surface area contributed by atoms with E-state index in [1.54, 1.807) is 5.38 Å². The standard InChI is InChI=1S/C8H4ClFOS/c9-4-3-12-8-6(11)2-1-5(10)7(4)8/h1-3,11H. The molecule has 0 aliphatic heterocycles. The predicted molar refractivity (Wildman–Crippen MR) is 48.5 cm³/mol. The number of hydrogen-bond acceptors (Lipinski definition) is 2. The first kappa shape index (κ1) is 7.83. The Morgan fingerprint density at radius 1 is 1.42 bits per heavy atom. The van der Waals surface area contributed by atoms with Crippen molar-refractivity contribution in [2.75, 3.05) is 0 Å². The van der Waals surface area contributed by atoms with Gasteiger partial charge in [0.2, 0.25) is 0 Å². The molecule has 0 fully saturated rings. The molecule has 2 aromatic rings. The van der Waals surface area contributed by atoms with Crippen molar-refractivity contribution in [1.82, 2.24) is 0 Å². The highest BCUT2D eigenvalue weighted by Crippen LogP contribution is 2.37. The van der Waals surface area contributed by atoms with Crippen molar-refractivity contribution in [2.45, 2.75) is 0 Å². The van der Waals surface area contributed by atoms with Gasteiger partial charge < -0.3 is 5.11 Å². The maximum atomic E-state index is 13.1. The summed E-state index contributed by atoms with van der Waals surface area (Å²) in [7, 11) is 0. The van der Waals surface area contributed by atoms with E-state index < -0.39 is 5.82 Å². The maximum Gasteiger partial charge on any atom is 0.133 e. The van der Waals surface area contributed by atoms with E-state index in [0.717, 1.165) is 0 Å². The second kappa shape index (κ2) is 2.61. The number of benzene rings is 1. The molecule has 0 unspecified atom stereocenters. The molecule has 0 saturated heterocycles. The fourth-order valence-corrected chi connectivity index (χ4v) is 2.29. The number of aromatic hydroxyl groups is 1. The zero-order valence-electron chi connectivity index (χ0n) is 5.84. The second-order valence-corrected chi connectivity index (χ2v) is 3.64. The van der Waals surface area contributed by atoms with Gasteiger partial charge in [-0.2, -0.15) is 0 Å². The number of phenolic OH excluding ortho intramolecular Hbond substituents is 1. The van der Waals surface area contributed by atoms with Gasteiger partial charge in [0.25, 0.3) is 0 Å². The van der Waals surface area contributed by atoms with Gasteiger partial charge >= 0.3 is 0 Å². The predicted octanol–water partition coefficient (Wildman–Crippen LogP) is 3.40. The van der Waals surface area contributed by atoms with Gasteiger partial charge in [0.15, 0.2) is 0 Å². The molecule has 62 valence electrons. The molecule has 1 heterocycles. The normalized spacial score (nSPS) is 10.8. The topological polar surface area (TPSA) is 20.2 Å². The van der Waals surface area contributed by atoms with Crippen LogP contribution in [0.3, 0.4) is 0 Å². The minimum Gasteiger partial charge on any atom is -0.506 e. The average Bonchev–Trinajstić information content (AvgIpc) is 2.42. The number of hydrogen-bond donors (Lipinski definition) is 1. The summed E-state index contributed by atoms with van der Waals surface area (Å²) in [5, 5.41) is 11.6. The summed E-state index contributed by atoms with van der Waals surface area (Å²) in [5.41, 5.74) is 0. The van der Waals surface area contributed by atoms with E-state index in [1.165, 1.54) is 23.5 Å². The largest absolute Gasteiger partial charge is 0.506 e. The van der Waals surface area contributed by atoms with Crippen molar-refractivity contribution in [1.29, 1.82) is 0 Å². The molecule has 1 aromatic heterocycles. The summed E-state index contributed by atoms with van der Waals surface area (Å²) in [5.74, 6) is -0.322. The van der Waals surface area contributed by atoms with Crippen LogP contribution < -0.4 is 0 Å². The fraction of sp³-hybridized carbons (Fsp3) is 0. The monoisotopic (exact) mass is 202 g/mol. The molecule has 2 rings (SSSR count). The smallest absolute Gasteiger partial charge is 0.133 e. The molecule has 0 radical (unpaired) electrons. The Labute approximate surface area is 77.0 Å². The van der Waals surface area contributed by atoms with Gasteiger partial charge in [0.05, 0.1) is 15.1 Å². The van der Waals surface area contributed by atoms with Crippen molar-refractivity contribution < 1.29 is 9.50 Å². The zero-order chi connectivity index (χ0) is 8.72. The van der Waals surface area contributed by atoms with Crippen LogP contribution in [0.2, 0.25) is 5.02 Å². The lowest BCUT2D eigenvalue weighted by atomic mass is 10.2. The second-order valence-electron chi connectivity index (χ2n) is 2.35. The highest BCUT2D eigenvalue weighted by molar-refractivity contribution is 7.18. The summed E-state index contributed by atoms with van der Waals surface area (Å²) >= 11 is 6.94. The van der Waals surface area contributed by atoms with E-state index in [2.05, 4.69) is 0 Å². The van der Waals surface area contributed by atoms with Crippen LogP contribution in [0.4, 0.5) is 4.39 Å². The number of fused-ring (bicyclic) bond motifs is 1. The molecule has 1 aromatic carbocycles. The minimum atomic E-state index is -0.394. The van der Waals surface area contributed by atoms with E-state index in [9.17, 15) is 9.50 Å². The number of phenols is 1. The Hall–Kier alpha value is -0.800. The lowest BCUT2D eigenvalue weighted by Crippen LogP contribution is -1.74. The summed E-state index contributed by atoms with van der Waals surface area (Å²) in [6, 6.07) is 2.53. The maximum absolute atomic E-state index is 13.1. The molecule has 0 spiro atoms. The molecule has 0 atom stereocenters. The molecule has 0 amide bonds. The first-order valence-electron chi connectivity index (χ1n) is 3.24. The molecule has 0 aliphatic carbocycles. The third-order valence-corrected chi connectivity index (χ3v) is 3.04. The van der Waals surface area contributed by atoms with Crippen LogP contribution in [-0.4, -0.2) is 5.11 Å². The van der Waals surface area contributed by atoms with Gasteiger partial charge in [-0.1, -0.05) is 11.6 Å². The van der Waals surface area contributed by atoms with Gasteiger partial charge in [-0.05, 0) is 12.1 Å².